The van der Waals surface area contributed by atoms with Crippen LogP contribution in [0, 0.1) is 0 Å². The van der Waals surface area contributed by atoms with Gasteiger partial charge in [0.15, 0.2) is 5.96 Å². The second kappa shape index (κ2) is 11.6. The van der Waals surface area contributed by atoms with Crippen LogP contribution in [0.3, 0.4) is 0 Å². The third-order valence-corrected chi connectivity index (χ3v) is 5.53. The predicted octanol–water partition coefficient (Wildman–Crippen LogP) is 3.84. The van der Waals surface area contributed by atoms with Gasteiger partial charge in [-0.15, -0.1) is 0 Å². The molecule has 2 aromatic carbocycles. The molecule has 0 aromatic heterocycles. The first-order chi connectivity index (χ1) is 14.7. The molecule has 0 aliphatic carbocycles. The van der Waals surface area contributed by atoms with E-state index in [0.29, 0.717) is 25.0 Å². The first kappa shape index (κ1) is 22.1. The summed E-state index contributed by atoms with van der Waals surface area (Å²) in [5.41, 5.74) is 9.41. The second-order valence-electron chi connectivity index (χ2n) is 7.67. The van der Waals surface area contributed by atoms with Gasteiger partial charge in [0.05, 0.1) is 19.8 Å². The molecule has 0 amide bonds. The normalized spacial score (nSPS) is 16.3. The molecule has 1 aliphatic heterocycles. The van der Waals surface area contributed by atoms with Gasteiger partial charge in [-0.25, -0.2) is 4.99 Å². The van der Waals surface area contributed by atoms with Crippen LogP contribution in [0.5, 0.6) is 5.75 Å². The number of guanidine groups is 1. The fourth-order valence-electron chi connectivity index (χ4n) is 3.37. The third kappa shape index (κ3) is 6.75. The van der Waals surface area contributed by atoms with Gasteiger partial charge < -0.3 is 20.5 Å². The minimum absolute atomic E-state index is 0.398. The molecule has 1 saturated heterocycles. The van der Waals surface area contributed by atoms with E-state index in [0.717, 1.165) is 56.3 Å². The van der Waals surface area contributed by atoms with Crippen LogP contribution in [0.25, 0.3) is 0 Å². The number of hydrogen-bond acceptors (Lipinski definition) is 4. The number of hydrogen-bond donors (Lipinski definition) is 2. The smallest absolute Gasteiger partial charge is 0.193 e. The van der Waals surface area contributed by atoms with E-state index in [1.807, 2.05) is 36.4 Å². The topological polar surface area (TPSA) is 72.1 Å². The molecule has 0 radical (unpaired) electrons. The maximum atomic E-state index is 6.10. The molecule has 1 unspecified atom stereocenters. The highest BCUT2D eigenvalue weighted by Crippen LogP contribution is 2.21. The molecule has 0 saturated carbocycles. The molecule has 3 N–H and O–H groups in total. The second-order valence-corrected chi connectivity index (χ2v) is 7.67. The van der Waals surface area contributed by atoms with E-state index in [1.165, 1.54) is 5.56 Å². The lowest BCUT2D eigenvalue weighted by Crippen LogP contribution is -2.38. The molecule has 1 aliphatic rings. The van der Waals surface area contributed by atoms with Gasteiger partial charge >= 0.3 is 0 Å². The minimum Gasteiger partial charge on any atom is -0.492 e. The molecule has 6 heteroatoms. The number of nitrogens with one attached hydrogen (secondary N) is 1. The summed E-state index contributed by atoms with van der Waals surface area (Å²) in [4.78, 5) is 6.86. The lowest BCUT2D eigenvalue weighted by molar-refractivity contribution is 0.0322. The lowest BCUT2D eigenvalue weighted by Gasteiger charge is -2.26. The molecule has 30 heavy (non-hydrogen) atoms. The predicted molar refractivity (Wildman–Crippen MR) is 123 cm³/mol. The zero-order valence-corrected chi connectivity index (χ0v) is 18.1. The highest BCUT2D eigenvalue weighted by Gasteiger charge is 2.10. The van der Waals surface area contributed by atoms with Crippen molar-refractivity contribution in [3.63, 3.8) is 0 Å². The fourth-order valence-corrected chi connectivity index (χ4v) is 3.37. The van der Waals surface area contributed by atoms with Crippen molar-refractivity contribution in [3.8, 4) is 5.75 Å². The summed E-state index contributed by atoms with van der Waals surface area (Å²) >= 11 is 0. The first-order valence-corrected chi connectivity index (χ1v) is 10.8. The maximum absolute atomic E-state index is 6.10. The maximum Gasteiger partial charge on any atom is 0.193 e. The zero-order valence-electron chi connectivity index (χ0n) is 18.1. The van der Waals surface area contributed by atoms with Crippen molar-refractivity contribution in [3.05, 3.63) is 59.7 Å². The summed E-state index contributed by atoms with van der Waals surface area (Å²) in [6, 6.07) is 16.4. The van der Waals surface area contributed by atoms with Crippen LogP contribution < -0.4 is 15.8 Å². The Balaban J connectivity index is 1.52. The molecule has 2 aromatic rings. The van der Waals surface area contributed by atoms with E-state index in [4.69, 9.17) is 15.2 Å². The van der Waals surface area contributed by atoms with Crippen molar-refractivity contribution in [2.45, 2.75) is 32.7 Å². The molecule has 1 fully saturated rings. The van der Waals surface area contributed by atoms with E-state index < -0.39 is 0 Å². The van der Waals surface area contributed by atoms with Crippen LogP contribution in [0.1, 0.15) is 37.3 Å². The molecule has 1 atom stereocenters. The van der Waals surface area contributed by atoms with E-state index in [1.54, 1.807) is 0 Å². The van der Waals surface area contributed by atoms with Crippen LogP contribution in [0.2, 0.25) is 0 Å². The van der Waals surface area contributed by atoms with Crippen molar-refractivity contribution in [1.29, 1.82) is 0 Å². The third-order valence-electron chi connectivity index (χ3n) is 5.53. The summed E-state index contributed by atoms with van der Waals surface area (Å²) in [6.07, 6.45) is 1.13. The van der Waals surface area contributed by atoms with Crippen molar-refractivity contribution in [2.75, 3.05) is 44.8 Å². The number of nitrogens with two attached hydrogens (primary N) is 1. The Kier molecular flexibility index (Phi) is 8.53. The molecule has 0 spiro atoms. The summed E-state index contributed by atoms with van der Waals surface area (Å²) < 4.78 is 11.4. The van der Waals surface area contributed by atoms with Crippen LogP contribution in [-0.2, 0) is 11.3 Å². The van der Waals surface area contributed by atoms with E-state index in [-0.39, 0.29) is 0 Å². The Morgan fingerprint density at radius 3 is 2.63 bits per heavy atom. The molecular formula is C24H34N4O2. The molecule has 3 rings (SSSR count). The van der Waals surface area contributed by atoms with Crippen molar-refractivity contribution in [2.24, 2.45) is 10.7 Å². The highest BCUT2D eigenvalue weighted by molar-refractivity contribution is 5.92. The highest BCUT2D eigenvalue weighted by atomic mass is 16.5. The number of ether oxygens (including phenoxy) is 2. The van der Waals surface area contributed by atoms with E-state index >= 15 is 0 Å². The van der Waals surface area contributed by atoms with Crippen molar-refractivity contribution in [1.82, 2.24) is 4.90 Å². The summed E-state index contributed by atoms with van der Waals surface area (Å²) in [5, 5.41) is 3.17. The Bertz CT molecular complexity index is 801. The number of anilines is 1. The number of benzene rings is 2. The standard InChI is InChI=1S/C24H34N4O2/c1-3-19(2)20-8-10-22(11-9-20)27-24(25)26-18-21-6-4-5-7-23(21)30-17-14-28-12-15-29-16-13-28/h4-11,19H,3,12-18H2,1-2H3,(H3,25,26,27). The van der Waals surface area contributed by atoms with Gasteiger partial charge in [0.25, 0.3) is 0 Å². The van der Waals surface area contributed by atoms with Crippen LogP contribution in [0.4, 0.5) is 5.69 Å². The molecule has 162 valence electrons. The SMILES string of the molecule is CCC(C)c1ccc(NC(N)=NCc2ccccc2OCCN2CCOCC2)cc1. The van der Waals surface area contributed by atoms with E-state index in [2.05, 4.69) is 41.2 Å². The average Bonchev–Trinajstić information content (AvgIpc) is 2.79. The number of rotatable bonds is 9. The Morgan fingerprint density at radius 2 is 1.90 bits per heavy atom. The number of morpholine rings is 1. The van der Waals surface area contributed by atoms with Gasteiger partial charge in [-0.05, 0) is 36.1 Å². The molecule has 0 bridgehead atoms. The average molecular weight is 411 g/mol. The number of para-hydroxylation sites is 1. The summed E-state index contributed by atoms with van der Waals surface area (Å²) in [6.45, 7) is 10.00. The summed E-state index contributed by atoms with van der Waals surface area (Å²) in [5.74, 6) is 1.82. The number of nitrogens with zero attached hydrogens (tertiary/aromatic N) is 2. The van der Waals surface area contributed by atoms with Crippen LogP contribution in [-0.4, -0.2) is 50.3 Å². The van der Waals surface area contributed by atoms with Gasteiger partial charge in [-0.3, -0.25) is 4.90 Å². The first-order valence-electron chi connectivity index (χ1n) is 10.8. The largest absolute Gasteiger partial charge is 0.492 e. The lowest BCUT2D eigenvalue weighted by atomic mass is 9.99. The monoisotopic (exact) mass is 410 g/mol. The fraction of sp³-hybridized carbons (Fsp3) is 0.458. The van der Waals surface area contributed by atoms with Gasteiger partial charge in [0.1, 0.15) is 12.4 Å². The quantitative estimate of drug-likeness (QED) is 0.485. The van der Waals surface area contributed by atoms with Crippen molar-refractivity contribution < 1.29 is 9.47 Å². The van der Waals surface area contributed by atoms with Crippen LogP contribution >= 0.6 is 0 Å². The Labute approximate surface area is 180 Å². The molecule has 6 nitrogen and oxygen atoms in total. The van der Waals surface area contributed by atoms with Gasteiger partial charge in [-0.2, -0.15) is 0 Å². The Morgan fingerprint density at radius 1 is 1.17 bits per heavy atom. The van der Waals surface area contributed by atoms with Crippen LogP contribution in [0.15, 0.2) is 53.5 Å². The zero-order chi connectivity index (χ0) is 21.2. The minimum atomic E-state index is 0.398. The van der Waals surface area contributed by atoms with E-state index in [9.17, 15) is 0 Å². The van der Waals surface area contributed by atoms with Gasteiger partial charge in [0.2, 0.25) is 0 Å². The molecule has 1 heterocycles. The van der Waals surface area contributed by atoms with Crippen molar-refractivity contribution >= 4 is 11.6 Å². The van der Waals surface area contributed by atoms with Gasteiger partial charge in [0, 0.05) is 30.9 Å². The summed E-state index contributed by atoms with van der Waals surface area (Å²) in [7, 11) is 0. The van der Waals surface area contributed by atoms with Gasteiger partial charge in [-0.1, -0.05) is 44.2 Å². The Hall–Kier alpha value is -2.57. The number of aliphatic imine (C=N–C) groups is 1. The molecular weight excluding hydrogens is 376 g/mol.